The topological polar surface area (TPSA) is 168 Å². The number of nitrogens with zero attached hydrogens (tertiary/aromatic N) is 4. The van der Waals surface area contributed by atoms with Crippen molar-refractivity contribution in [3.63, 3.8) is 0 Å². The van der Waals surface area contributed by atoms with Gasteiger partial charge in [-0.3, -0.25) is 24.3 Å². The molecule has 0 unspecified atom stereocenters. The summed E-state index contributed by atoms with van der Waals surface area (Å²) in [4.78, 5) is 63.8. The van der Waals surface area contributed by atoms with Gasteiger partial charge >= 0.3 is 5.97 Å². The number of hydrogen-bond acceptors (Lipinski definition) is 12. The first-order valence-electron chi connectivity index (χ1n) is 15.2. The number of carbonyl (C=O) groups is 1. The van der Waals surface area contributed by atoms with Crippen LogP contribution in [0.15, 0.2) is 103 Å². The Labute approximate surface area is 292 Å². The van der Waals surface area contributed by atoms with E-state index in [0.29, 0.717) is 44.4 Å². The molecule has 0 radical (unpaired) electrons. The smallest absolute Gasteiger partial charge is 0.338 e. The van der Waals surface area contributed by atoms with Crippen molar-refractivity contribution in [3.8, 4) is 11.5 Å². The lowest BCUT2D eigenvalue weighted by Crippen LogP contribution is -2.40. The molecule has 0 saturated heterocycles. The van der Waals surface area contributed by atoms with E-state index in [4.69, 9.17) is 19.2 Å². The van der Waals surface area contributed by atoms with E-state index < -0.39 is 22.5 Å². The molecule has 3 aromatic carbocycles. The highest BCUT2D eigenvalue weighted by molar-refractivity contribution is 7.99. The number of ether oxygens (including phenoxy) is 3. The fourth-order valence-corrected chi connectivity index (χ4v) is 7.41. The average Bonchev–Trinajstić information content (AvgIpc) is 3.41. The fourth-order valence-electron chi connectivity index (χ4n) is 5.49. The van der Waals surface area contributed by atoms with Crippen LogP contribution in [0.4, 0.5) is 5.69 Å². The number of nitro groups is 1. The standard InChI is InChI=1S/C35H29N5O8S2/c1-5-48-33(43)29-30(21-9-7-6-8-10-21)38-35-39(31(29)22-12-13-24(46-3)25(18-22)47-4)32(42)27(50-35)17-20-11-14-26(23(16-20)40(44)45)49-34-36-19(2)15-28(41)37-34/h6-18,31H,5H2,1-4H3,(H,36,37,41)/b27-17+/t31-/m1/s1. The number of methoxy groups -OCH3 is 2. The van der Waals surface area contributed by atoms with Crippen LogP contribution in [0.5, 0.6) is 11.5 Å². The van der Waals surface area contributed by atoms with Gasteiger partial charge in [0.1, 0.15) is 0 Å². The van der Waals surface area contributed by atoms with Gasteiger partial charge in [0.15, 0.2) is 21.5 Å². The summed E-state index contributed by atoms with van der Waals surface area (Å²) in [5.74, 6) is 0.211. The average molecular weight is 712 g/mol. The zero-order chi connectivity index (χ0) is 35.5. The summed E-state index contributed by atoms with van der Waals surface area (Å²) >= 11 is 2.03. The Hall–Kier alpha value is -5.80. The molecule has 0 fully saturated rings. The first-order chi connectivity index (χ1) is 24.1. The Morgan fingerprint density at radius 2 is 1.82 bits per heavy atom. The normalized spacial score (nSPS) is 14.2. The van der Waals surface area contributed by atoms with Crippen LogP contribution in [0.1, 0.15) is 35.3 Å². The summed E-state index contributed by atoms with van der Waals surface area (Å²) in [6, 6.07) is 19.1. The number of aromatic nitrogens is 3. The van der Waals surface area contributed by atoms with Gasteiger partial charge in [0, 0.05) is 23.4 Å². The van der Waals surface area contributed by atoms with E-state index in [2.05, 4.69) is 9.97 Å². The fraction of sp³-hybridized carbons (Fsp3) is 0.171. The molecule has 1 atom stereocenters. The first kappa shape index (κ1) is 34.1. The van der Waals surface area contributed by atoms with Crippen molar-refractivity contribution in [2.24, 2.45) is 4.99 Å². The van der Waals surface area contributed by atoms with E-state index in [1.807, 2.05) is 30.3 Å². The summed E-state index contributed by atoms with van der Waals surface area (Å²) in [5, 5.41) is 12.3. The number of carbonyl (C=O) groups excluding carboxylic acids is 1. The maximum atomic E-state index is 14.3. The molecule has 13 nitrogen and oxygen atoms in total. The van der Waals surface area contributed by atoms with Crippen molar-refractivity contribution < 1.29 is 23.9 Å². The van der Waals surface area contributed by atoms with Crippen LogP contribution in [-0.2, 0) is 9.53 Å². The molecule has 0 aliphatic carbocycles. The Balaban J connectivity index is 1.55. The summed E-state index contributed by atoms with van der Waals surface area (Å²) in [6.07, 6.45) is 1.54. The number of rotatable bonds is 10. The number of aromatic amines is 1. The molecule has 254 valence electrons. The summed E-state index contributed by atoms with van der Waals surface area (Å²) in [5.41, 5.74) is 1.47. The van der Waals surface area contributed by atoms with Gasteiger partial charge in [-0.05, 0) is 61.0 Å². The minimum atomic E-state index is -0.973. The lowest BCUT2D eigenvalue weighted by Gasteiger charge is -2.26. The quantitative estimate of drug-likeness (QED) is 0.0949. The number of nitrogens with one attached hydrogen (secondary N) is 1. The lowest BCUT2D eigenvalue weighted by molar-refractivity contribution is -0.387. The number of nitro benzene ring substituents is 1. The van der Waals surface area contributed by atoms with E-state index in [1.54, 1.807) is 44.2 Å². The molecule has 6 rings (SSSR count). The molecule has 0 amide bonds. The van der Waals surface area contributed by atoms with Crippen LogP contribution in [0.2, 0.25) is 0 Å². The molecule has 0 bridgehead atoms. The van der Waals surface area contributed by atoms with Crippen LogP contribution in [0.25, 0.3) is 11.8 Å². The second kappa shape index (κ2) is 14.4. The third-order valence-electron chi connectivity index (χ3n) is 7.63. The third kappa shape index (κ3) is 6.73. The number of hydrogen-bond donors (Lipinski definition) is 1. The van der Waals surface area contributed by atoms with Crippen LogP contribution in [0, 0.1) is 17.0 Å². The highest BCUT2D eigenvalue weighted by Crippen LogP contribution is 2.39. The van der Waals surface area contributed by atoms with Gasteiger partial charge in [-0.2, -0.15) is 0 Å². The molecule has 5 aromatic rings. The van der Waals surface area contributed by atoms with Crippen molar-refractivity contribution >= 4 is 46.5 Å². The second-order valence-electron chi connectivity index (χ2n) is 10.8. The van der Waals surface area contributed by atoms with Crippen molar-refractivity contribution in [3.05, 3.63) is 141 Å². The predicted octanol–water partition coefficient (Wildman–Crippen LogP) is 4.40. The third-order valence-corrected chi connectivity index (χ3v) is 9.56. The number of aryl methyl sites for hydroxylation is 1. The van der Waals surface area contributed by atoms with E-state index in [9.17, 15) is 24.5 Å². The van der Waals surface area contributed by atoms with Crippen molar-refractivity contribution in [1.82, 2.24) is 14.5 Å². The van der Waals surface area contributed by atoms with Crippen LogP contribution in [0.3, 0.4) is 0 Å². The van der Waals surface area contributed by atoms with Gasteiger partial charge in [0.05, 0.1) is 52.5 Å². The molecule has 1 aliphatic rings. The minimum Gasteiger partial charge on any atom is -0.493 e. The minimum absolute atomic E-state index is 0.0938. The Kier molecular flexibility index (Phi) is 9.79. The number of benzene rings is 3. The Morgan fingerprint density at radius 1 is 1.06 bits per heavy atom. The number of esters is 1. The molecule has 2 aromatic heterocycles. The highest BCUT2D eigenvalue weighted by Gasteiger charge is 2.35. The van der Waals surface area contributed by atoms with E-state index in [1.165, 1.54) is 37.0 Å². The number of thiazole rings is 1. The zero-order valence-electron chi connectivity index (χ0n) is 27.2. The first-order valence-corrected chi connectivity index (χ1v) is 16.8. The van der Waals surface area contributed by atoms with Gasteiger partial charge < -0.3 is 19.2 Å². The maximum absolute atomic E-state index is 14.3. The monoisotopic (exact) mass is 711 g/mol. The predicted molar refractivity (Wildman–Crippen MR) is 187 cm³/mol. The van der Waals surface area contributed by atoms with E-state index in [0.717, 1.165) is 23.1 Å². The van der Waals surface area contributed by atoms with Crippen molar-refractivity contribution in [1.29, 1.82) is 0 Å². The van der Waals surface area contributed by atoms with Crippen LogP contribution < -0.4 is 29.9 Å². The highest BCUT2D eigenvalue weighted by atomic mass is 32.2. The molecule has 0 saturated carbocycles. The molecule has 0 spiro atoms. The molecular formula is C35H29N5O8S2. The zero-order valence-corrected chi connectivity index (χ0v) is 28.8. The van der Waals surface area contributed by atoms with Gasteiger partial charge in [-0.25, -0.2) is 14.8 Å². The summed E-state index contributed by atoms with van der Waals surface area (Å²) < 4.78 is 18.2. The molecule has 1 aliphatic heterocycles. The Morgan fingerprint density at radius 3 is 2.50 bits per heavy atom. The summed E-state index contributed by atoms with van der Waals surface area (Å²) in [6.45, 7) is 3.44. The van der Waals surface area contributed by atoms with Gasteiger partial charge in [-0.15, -0.1) is 0 Å². The van der Waals surface area contributed by atoms with Gasteiger partial charge in [-0.1, -0.05) is 53.8 Å². The molecule has 1 N–H and O–H groups in total. The maximum Gasteiger partial charge on any atom is 0.338 e. The van der Waals surface area contributed by atoms with Crippen LogP contribution in [-0.4, -0.2) is 46.3 Å². The van der Waals surface area contributed by atoms with Gasteiger partial charge in [0.25, 0.3) is 16.8 Å². The number of H-pyrrole nitrogens is 1. The molecular weight excluding hydrogens is 683 g/mol. The lowest BCUT2D eigenvalue weighted by atomic mass is 9.93. The van der Waals surface area contributed by atoms with Crippen LogP contribution >= 0.6 is 23.1 Å². The molecule has 50 heavy (non-hydrogen) atoms. The van der Waals surface area contributed by atoms with E-state index >= 15 is 0 Å². The SMILES string of the molecule is CCOC(=O)C1=C(c2ccccc2)N=c2s/c(=C/c3ccc(Sc4nc(C)cc(=O)[nH]4)c([N+](=O)[O-])c3)c(=O)n2[C@@H]1c1ccc(OC)c(OC)c1. The number of fused-ring (bicyclic) bond motifs is 1. The van der Waals surface area contributed by atoms with Crippen molar-refractivity contribution in [2.75, 3.05) is 20.8 Å². The summed E-state index contributed by atoms with van der Waals surface area (Å²) in [7, 11) is 3.00. The van der Waals surface area contributed by atoms with Gasteiger partial charge in [0.2, 0.25) is 0 Å². The molecule has 3 heterocycles. The second-order valence-corrected chi connectivity index (χ2v) is 12.9. The van der Waals surface area contributed by atoms with E-state index in [-0.39, 0.29) is 38.0 Å². The largest absolute Gasteiger partial charge is 0.493 e. The van der Waals surface area contributed by atoms with Crippen molar-refractivity contribution in [2.45, 2.75) is 29.9 Å². The Bertz CT molecular complexity index is 2420. The molecule has 15 heteroatoms.